The van der Waals surface area contributed by atoms with Gasteiger partial charge in [0.15, 0.2) is 0 Å². The summed E-state index contributed by atoms with van der Waals surface area (Å²) in [6, 6.07) is 4.24. The minimum absolute atomic E-state index is 0.163. The van der Waals surface area contributed by atoms with Crippen molar-refractivity contribution in [2.75, 3.05) is 32.1 Å². The van der Waals surface area contributed by atoms with Gasteiger partial charge in [0.2, 0.25) is 0 Å². The number of nitrogens with zero attached hydrogens (tertiary/aromatic N) is 3. The van der Waals surface area contributed by atoms with Gasteiger partial charge in [-0.25, -0.2) is 4.98 Å². The molecule has 0 bridgehead atoms. The molecular weight excluding hydrogens is 202 g/mol. The number of likely N-dealkylation sites (N-methyl/N-ethyl adjacent to an activating group) is 1. The zero-order valence-corrected chi connectivity index (χ0v) is 9.93. The Morgan fingerprint density at radius 2 is 2.31 bits per heavy atom. The van der Waals surface area contributed by atoms with Crippen molar-refractivity contribution in [2.24, 2.45) is 0 Å². The van der Waals surface area contributed by atoms with Gasteiger partial charge in [-0.2, -0.15) is 0 Å². The summed E-state index contributed by atoms with van der Waals surface area (Å²) in [5.41, 5.74) is 1.23. The van der Waals surface area contributed by atoms with Crippen LogP contribution < -0.4 is 4.90 Å². The maximum atomic E-state index is 9.40. The van der Waals surface area contributed by atoms with Gasteiger partial charge in [0.1, 0.15) is 5.82 Å². The fraction of sp³-hybridized carbons (Fsp3) is 0.583. The zero-order valence-electron chi connectivity index (χ0n) is 9.93. The van der Waals surface area contributed by atoms with E-state index in [0.717, 1.165) is 25.3 Å². The molecule has 1 aliphatic heterocycles. The van der Waals surface area contributed by atoms with E-state index in [1.807, 2.05) is 19.3 Å². The highest BCUT2D eigenvalue weighted by atomic mass is 16.3. The van der Waals surface area contributed by atoms with Crippen LogP contribution in [-0.4, -0.2) is 48.3 Å². The van der Waals surface area contributed by atoms with Crippen LogP contribution in [0.3, 0.4) is 0 Å². The van der Waals surface area contributed by atoms with Gasteiger partial charge in [-0.15, -0.1) is 0 Å². The van der Waals surface area contributed by atoms with Gasteiger partial charge < -0.3 is 14.9 Å². The van der Waals surface area contributed by atoms with Crippen LogP contribution in [0.25, 0.3) is 0 Å². The van der Waals surface area contributed by atoms with Gasteiger partial charge in [0.25, 0.3) is 0 Å². The number of anilines is 1. The lowest BCUT2D eigenvalue weighted by atomic mass is 10.1. The van der Waals surface area contributed by atoms with E-state index >= 15 is 0 Å². The molecule has 1 aromatic rings. The Hall–Kier alpha value is -1.13. The van der Waals surface area contributed by atoms with Crippen LogP contribution in [0.4, 0.5) is 5.82 Å². The summed E-state index contributed by atoms with van der Waals surface area (Å²) in [6.45, 7) is 2.11. The topological polar surface area (TPSA) is 39.6 Å². The average Bonchev–Trinajstić information content (AvgIpc) is 2.28. The highest BCUT2D eigenvalue weighted by Crippen LogP contribution is 2.23. The maximum Gasteiger partial charge on any atom is 0.133 e. The van der Waals surface area contributed by atoms with E-state index in [2.05, 4.69) is 27.9 Å². The van der Waals surface area contributed by atoms with Gasteiger partial charge in [-0.05, 0) is 19.5 Å². The normalized spacial score (nSPS) is 22.4. The molecule has 0 aliphatic carbocycles. The third-order valence-electron chi connectivity index (χ3n) is 3.24. The van der Waals surface area contributed by atoms with E-state index < -0.39 is 0 Å². The highest BCUT2D eigenvalue weighted by molar-refractivity contribution is 5.47. The Morgan fingerprint density at radius 1 is 1.50 bits per heavy atom. The first-order valence-electron chi connectivity index (χ1n) is 5.68. The number of aromatic nitrogens is 1. The second-order valence-electron chi connectivity index (χ2n) is 4.46. The van der Waals surface area contributed by atoms with Crippen molar-refractivity contribution in [3.63, 3.8) is 0 Å². The number of hydrogen-bond donors (Lipinski definition) is 1. The van der Waals surface area contributed by atoms with Crippen molar-refractivity contribution in [1.82, 2.24) is 9.88 Å². The molecule has 0 saturated carbocycles. The molecule has 0 spiro atoms. The molecule has 1 N–H and O–H groups in total. The largest absolute Gasteiger partial charge is 0.394 e. The molecule has 88 valence electrons. The summed E-state index contributed by atoms with van der Waals surface area (Å²) < 4.78 is 0. The lowest BCUT2D eigenvalue weighted by Gasteiger charge is -2.34. The van der Waals surface area contributed by atoms with Crippen molar-refractivity contribution in [3.05, 3.63) is 23.9 Å². The molecule has 1 atom stereocenters. The predicted molar refractivity (Wildman–Crippen MR) is 64.5 cm³/mol. The second kappa shape index (κ2) is 4.80. The Labute approximate surface area is 96.5 Å². The van der Waals surface area contributed by atoms with Crippen LogP contribution in [0, 0.1) is 0 Å². The van der Waals surface area contributed by atoms with Gasteiger partial charge in [0, 0.05) is 31.9 Å². The molecular formula is C12H19N3O. The molecule has 0 aromatic carbocycles. The van der Waals surface area contributed by atoms with E-state index in [9.17, 15) is 5.11 Å². The first-order chi connectivity index (χ1) is 7.72. The third kappa shape index (κ3) is 2.18. The highest BCUT2D eigenvalue weighted by Gasteiger charge is 2.21. The van der Waals surface area contributed by atoms with Gasteiger partial charge in [-0.3, -0.25) is 0 Å². The number of rotatable bonds is 1. The van der Waals surface area contributed by atoms with Crippen LogP contribution in [-0.2, 0) is 6.54 Å². The van der Waals surface area contributed by atoms with Crippen molar-refractivity contribution in [3.8, 4) is 0 Å². The van der Waals surface area contributed by atoms with Gasteiger partial charge in [-0.1, -0.05) is 6.07 Å². The van der Waals surface area contributed by atoms with E-state index in [-0.39, 0.29) is 12.6 Å². The molecule has 0 radical (unpaired) electrons. The quantitative estimate of drug-likeness (QED) is 0.758. The smallest absolute Gasteiger partial charge is 0.133 e. The molecule has 4 nitrogen and oxygen atoms in total. The Bertz CT molecular complexity index is 356. The average molecular weight is 221 g/mol. The minimum Gasteiger partial charge on any atom is -0.394 e. The summed E-state index contributed by atoms with van der Waals surface area (Å²) in [4.78, 5) is 8.80. The molecule has 2 rings (SSSR count). The second-order valence-corrected chi connectivity index (χ2v) is 4.46. The Kier molecular flexibility index (Phi) is 3.41. The van der Waals surface area contributed by atoms with E-state index in [0.29, 0.717) is 0 Å². The zero-order chi connectivity index (χ0) is 11.5. The fourth-order valence-corrected chi connectivity index (χ4v) is 2.19. The summed E-state index contributed by atoms with van der Waals surface area (Å²) >= 11 is 0. The fourth-order valence-electron chi connectivity index (χ4n) is 2.19. The number of fused-ring (bicyclic) bond motifs is 1. The van der Waals surface area contributed by atoms with Crippen LogP contribution >= 0.6 is 0 Å². The Balaban J connectivity index is 2.35. The number of pyridine rings is 1. The standard InChI is InChI=1S/C12H19N3O/c1-14-7-5-11(9-16)15(2)12-10(8-14)4-3-6-13-12/h3-4,6,11,16H,5,7-9H2,1-2H3. The van der Waals surface area contributed by atoms with Gasteiger partial charge >= 0.3 is 0 Å². The minimum atomic E-state index is 0.163. The molecule has 16 heavy (non-hydrogen) atoms. The van der Waals surface area contributed by atoms with E-state index in [4.69, 9.17) is 0 Å². The lowest BCUT2D eigenvalue weighted by Crippen LogP contribution is -2.40. The molecule has 2 heterocycles. The summed E-state index contributed by atoms with van der Waals surface area (Å²) in [7, 11) is 4.12. The molecule has 1 aliphatic rings. The Morgan fingerprint density at radius 3 is 3.06 bits per heavy atom. The monoisotopic (exact) mass is 221 g/mol. The van der Waals surface area contributed by atoms with Crippen LogP contribution in [0.2, 0.25) is 0 Å². The number of hydrogen-bond acceptors (Lipinski definition) is 4. The molecule has 4 heteroatoms. The third-order valence-corrected chi connectivity index (χ3v) is 3.24. The lowest BCUT2D eigenvalue weighted by molar-refractivity contribution is 0.229. The number of aliphatic hydroxyl groups is 1. The summed E-state index contributed by atoms with van der Waals surface area (Å²) in [5.74, 6) is 0.994. The van der Waals surface area contributed by atoms with Crippen LogP contribution in [0.5, 0.6) is 0 Å². The predicted octanol–water partition coefficient (Wildman–Crippen LogP) is 0.714. The van der Waals surface area contributed by atoms with E-state index in [1.165, 1.54) is 5.56 Å². The molecule has 0 saturated heterocycles. The molecule has 1 aromatic heterocycles. The molecule has 1 unspecified atom stereocenters. The first-order valence-corrected chi connectivity index (χ1v) is 5.68. The SMILES string of the molecule is CN1CCC(CO)N(C)c2ncccc2C1. The van der Waals surface area contributed by atoms with Crippen molar-refractivity contribution in [2.45, 2.75) is 19.0 Å². The van der Waals surface area contributed by atoms with Crippen molar-refractivity contribution < 1.29 is 5.11 Å². The summed E-state index contributed by atoms with van der Waals surface area (Å²) in [6.07, 6.45) is 2.78. The summed E-state index contributed by atoms with van der Waals surface area (Å²) in [5, 5.41) is 9.40. The first kappa shape index (κ1) is 11.4. The van der Waals surface area contributed by atoms with Gasteiger partial charge in [0.05, 0.1) is 12.6 Å². The number of aliphatic hydroxyl groups excluding tert-OH is 1. The molecule has 0 amide bonds. The van der Waals surface area contributed by atoms with Crippen molar-refractivity contribution in [1.29, 1.82) is 0 Å². The van der Waals surface area contributed by atoms with E-state index in [1.54, 1.807) is 0 Å². The molecule has 0 fully saturated rings. The van der Waals surface area contributed by atoms with Crippen molar-refractivity contribution >= 4 is 5.82 Å². The van der Waals surface area contributed by atoms with Crippen LogP contribution in [0.15, 0.2) is 18.3 Å². The van der Waals surface area contributed by atoms with Crippen LogP contribution in [0.1, 0.15) is 12.0 Å². The maximum absolute atomic E-state index is 9.40.